The normalized spacial score (nSPS) is 20.5. The molecule has 2 atom stereocenters. The predicted molar refractivity (Wildman–Crippen MR) is 107 cm³/mol. The molecule has 142 valence electrons. The number of carbonyl (C=O) groups excluding carboxylic acids is 1. The molecule has 4 nitrogen and oxygen atoms in total. The van der Waals surface area contributed by atoms with Crippen LogP contribution in [0.1, 0.15) is 39.2 Å². The maximum absolute atomic E-state index is 14.8. The Morgan fingerprint density at radius 2 is 1.84 bits per heavy atom. The molecule has 25 heavy (non-hydrogen) atoms. The smallest absolute Gasteiger partial charge is 0.248 e. The molecule has 1 aliphatic rings. The number of hydrazine groups is 1. The SMILES string of the molecule is CC.CCN1C(=O)C(c2cc(NSCCl)c(Cl)cc2Cl)C(F)N1CC. The summed E-state index contributed by atoms with van der Waals surface area (Å²) < 4.78 is 17.8. The minimum Gasteiger partial charge on any atom is -0.327 e. The van der Waals surface area contributed by atoms with E-state index < -0.39 is 12.2 Å². The summed E-state index contributed by atoms with van der Waals surface area (Å²) in [7, 11) is 0. The van der Waals surface area contributed by atoms with E-state index in [4.69, 9.17) is 34.8 Å². The first-order chi connectivity index (χ1) is 12.0. The molecule has 0 bridgehead atoms. The monoisotopic (exact) mass is 429 g/mol. The second kappa shape index (κ2) is 10.7. The van der Waals surface area contributed by atoms with E-state index in [9.17, 15) is 9.18 Å². The number of rotatable bonds is 6. The first-order valence-corrected chi connectivity index (χ1v) is 10.4. The van der Waals surface area contributed by atoms with Crippen LogP contribution in [0.2, 0.25) is 10.0 Å². The third kappa shape index (κ3) is 4.86. The third-order valence-corrected chi connectivity index (χ3v) is 5.11. The Balaban J connectivity index is 0.00000151. The second-order valence-corrected chi connectivity index (χ2v) is 7.05. The van der Waals surface area contributed by atoms with E-state index in [1.54, 1.807) is 13.0 Å². The van der Waals surface area contributed by atoms with Gasteiger partial charge >= 0.3 is 0 Å². The quantitative estimate of drug-likeness (QED) is 0.354. The van der Waals surface area contributed by atoms with Crippen LogP contribution < -0.4 is 4.72 Å². The number of alkyl halides is 2. The van der Waals surface area contributed by atoms with Gasteiger partial charge in [0.2, 0.25) is 5.91 Å². The molecule has 2 unspecified atom stereocenters. The second-order valence-electron chi connectivity index (χ2n) is 4.87. The first kappa shape index (κ1) is 22.6. The van der Waals surface area contributed by atoms with Gasteiger partial charge in [-0.25, -0.2) is 4.39 Å². The highest BCUT2D eigenvalue weighted by molar-refractivity contribution is 8.01. The molecule has 1 aromatic rings. The lowest BCUT2D eigenvalue weighted by atomic mass is 9.97. The van der Waals surface area contributed by atoms with Crippen molar-refractivity contribution < 1.29 is 9.18 Å². The molecule has 0 radical (unpaired) electrons. The van der Waals surface area contributed by atoms with Gasteiger partial charge in [0.15, 0.2) is 6.30 Å². The van der Waals surface area contributed by atoms with Crippen molar-refractivity contribution in [1.29, 1.82) is 0 Å². The van der Waals surface area contributed by atoms with Crippen molar-refractivity contribution in [3.05, 3.63) is 27.7 Å². The Morgan fingerprint density at radius 3 is 2.32 bits per heavy atom. The molecular formula is C16H23Cl3FN3OS. The lowest BCUT2D eigenvalue weighted by molar-refractivity contribution is -0.140. The van der Waals surface area contributed by atoms with Crippen molar-refractivity contribution in [2.45, 2.75) is 39.9 Å². The van der Waals surface area contributed by atoms with Crippen molar-refractivity contribution in [2.75, 3.05) is 23.0 Å². The Hall–Kier alpha value is -0.400. The number of benzene rings is 1. The molecule has 0 saturated carbocycles. The standard InChI is InChI=1S/C14H17Cl3FN3OS.C2H6/c1-3-20-13(18)12(14(22)21(20)4-2)8-5-11(19-23-7-15)10(17)6-9(8)16;1-2/h5-6,12-13,19H,3-4,7H2,1-2H3;1-2H3. The van der Waals surface area contributed by atoms with Gasteiger partial charge in [-0.05, 0) is 36.6 Å². The van der Waals surface area contributed by atoms with E-state index in [1.165, 1.54) is 28.0 Å². The van der Waals surface area contributed by atoms with Crippen LogP contribution in [0, 0.1) is 0 Å². The minimum atomic E-state index is -1.46. The van der Waals surface area contributed by atoms with Gasteiger partial charge < -0.3 is 4.72 Å². The maximum atomic E-state index is 14.8. The summed E-state index contributed by atoms with van der Waals surface area (Å²) in [6, 6.07) is 3.13. The lowest BCUT2D eigenvalue weighted by Gasteiger charge is -2.26. The molecule has 1 fully saturated rings. The Morgan fingerprint density at radius 1 is 1.20 bits per heavy atom. The number of likely N-dealkylation sites (N-methyl/N-ethyl adjacent to an activating group) is 2. The van der Waals surface area contributed by atoms with Gasteiger partial charge in [-0.3, -0.25) is 9.80 Å². The number of halogens is 4. The molecule has 1 saturated heterocycles. The molecular weight excluding hydrogens is 408 g/mol. The summed E-state index contributed by atoms with van der Waals surface area (Å²) in [5, 5.41) is 3.80. The molecule has 2 rings (SSSR count). The molecule has 1 heterocycles. The van der Waals surface area contributed by atoms with Crippen molar-refractivity contribution in [1.82, 2.24) is 10.0 Å². The third-order valence-electron chi connectivity index (χ3n) is 3.67. The van der Waals surface area contributed by atoms with Crippen molar-refractivity contribution in [3.63, 3.8) is 0 Å². The van der Waals surface area contributed by atoms with E-state index in [0.717, 1.165) is 0 Å². The number of hydrogen-bond donors (Lipinski definition) is 1. The summed E-state index contributed by atoms with van der Waals surface area (Å²) >= 11 is 19.2. The van der Waals surface area contributed by atoms with Gasteiger partial charge in [-0.1, -0.05) is 44.0 Å². The summed E-state index contributed by atoms with van der Waals surface area (Å²) in [4.78, 5) is 12.6. The Kier molecular flexibility index (Phi) is 9.67. The predicted octanol–water partition coefficient (Wildman–Crippen LogP) is 5.75. The number of nitrogens with zero attached hydrogens (tertiary/aromatic N) is 2. The highest BCUT2D eigenvalue weighted by Gasteiger charge is 2.47. The average molecular weight is 431 g/mol. The Labute approximate surface area is 168 Å². The highest BCUT2D eigenvalue weighted by Crippen LogP contribution is 2.41. The van der Waals surface area contributed by atoms with Crippen molar-refractivity contribution in [3.8, 4) is 0 Å². The highest BCUT2D eigenvalue weighted by atomic mass is 35.5. The van der Waals surface area contributed by atoms with Gasteiger partial charge in [-0.2, -0.15) is 5.01 Å². The fourth-order valence-corrected chi connectivity index (χ4v) is 3.81. The summed E-state index contributed by atoms with van der Waals surface area (Å²) in [5.41, 5.74) is 0.968. The van der Waals surface area contributed by atoms with E-state index in [0.29, 0.717) is 34.6 Å². The van der Waals surface area contributed by atoms with Crippen LogP contribution in [0.15, 0.2) is 12.1 Å². The Bertz CT molecular complexity index is 594. The fourth-order valence-electron chi connectivity index (χ4n) is 2.66. The van der Waals surface area contributed by atoms with Crippen LogP contribution in [-0.4, -0.2) is 40.5 Å². The van der Waals surface area contributed by atoms with Crippen molar-refractivity contribution in [2.24, 2.45) is 0 Å². The van der Waals surface area contributed by atoms with E-state index in [1.807, 2.05) is 20.8 Å². The van der Waals surface area contributed by atoms with Crippen LogP contribution in [-0.2, 0) is 4.79 Å². The summed E-state index contributed by atoms with van der Waals surface area (Å²) in [6.45, 7) is 8.42. The van der Waals surface area contributed by atoms with E-state index in [2.05, 4.69) is 4.72 Å². The van der Waals surface area contributed by atoms with E-state index in [-0.39, 0.29) is 10.9 Å². The van der Waals surface area contributed by atoms with Gasteiger partial charge in [0.1, 0.15) is 5.92 Å². The molecule has 0 aliphatic carbocycles. The maximum Gasteiger partial charge on any atom is 0.248 e. The number of hydrogen-bond acceptors (Lipinski definition) is 4. The van der Waals surface area contributed by atoms with Crippen LogP contribution in [0.4, 0.5) is 10.1 Å². The number of anilines is 1. The average Bonchev–Trinajstić information content (AvgIpc) is 2.85. The molecule has 1 N–H and O–H groups in total. The molecule has 9 heteroatoms. The fraction of sp³-hybridized carbons (Fsp3) is 0.562. The van der Waals surface area contributed by atoms with Gasteiger partial charge in [0.25, 0.3) is 0 Å². The topological polar surface area (TPSA) is 35.6 Å². The van der Waals surface area contributed by atoms with Crippen LogP contribution in [0.3, 0.4) is 0 Å². The zero-order valence-electron chi connectivity index (χ0n) is 14.7. The molecule has 1 amide bonds. The molecule has 0 aromatic heterocycles. The van der Waals surface area contributed by atoms with Gasteiger partial charge in [-0.15, -0.1) is 11.6 Å². The number of carbonyl (C=O) groups is 1. The summed E-state index contributed by atoms with van der Waals surface area (Å²) in [6.07, 6.45) is -1.46. The van der Waals surface area contributed by atoms with Crippen LogP contribution in [0.5, 0.6) is 0 Å². The molecule has 1 aliphatic heterocycles. The first-order valence-electron chi connectivity index (χ1n) is 8.10. The van der Waals surface area contributed by atoms with Crippen LogP contribution >= 0.6 is 46.8 Å². The molecule has 1 aromatic carbocycles. The van der Waals surface area contributed by atoms with Crippen LogP contribution in [0.25, 0.3) is 0 Å². The van der Waals surface area contributed by atoms with Gasteiger partial charge in [0, 0.05) is 18.1 Å². The minimum absolute atomic E-state index is 0.270. The largest absolute Gasteiger partial charge is 0.327 e. The number of nitrogens with one attached hydrogen (secondary N) is 1. The number of amides is 1. The zero-order chi connectivity index (χ0) is 19.1. The lowest BCUT2D eigenvalue weighted by Crippen LogP contribution is -2.40. The van der Waals surface area contributed by atoms with Crippen molar-refractivity contribution >= 4 is 58.3 Å². The van der Waals surface area contributed by atoms with E-state index >= 15 is 0 Å². The molecule has 0 spiro atoms. The van der Waals surface area contributed by atoms with Gasteiger partial charge in [0.05, 0.1) is 15.9 Å². The summed E-state index contributed by atoms with van der Waals surface area (Å²) in [5.74, 6) is -1.27. The zero-order valence-corrected chi connectivity index (χ0v) is 17.7.